The predicted octanol–water partition coefficient (Wildman–Crippen LogP) is 1.60. The minimum absolute atomic E-state index is 0.0417. The van der Waals surface area contributed by atoms with Gasteiger partial charge >= 0.3 is 0 Å². The predicted molar refractivity (Wildman–Crippen MR) is 33.2 cm³/mol. The first-order chi connectivity index (χ1) is 3.81. The molecule has 0 atom stereocenters. The number of hydrogen-bond acceptors (Lipinski definition) is 1. The number of rotatable bonds is 3. The molecule has 0 saturated heterocycles. The van der Waals surface area contributed by atoms with E-state index in [4.69, 9.17) is 5.73 Å². The van der Waals surface area contributed by atoms with Crippen LogP contribution in [0.5, 0.6) is 0 Å². The smallest absolute Gasteiger partial charge is 0.109 e. The van der Waals surface area contributed by atoms with Crippen molar-refractivity contribution in [3.05, 3.63) is 11.9 Å². The molecule has 1 nitrogen and oxygen atoms in total. The Hall–Kier alpha value is -0.370. The third-order valence-electron chi connectivity index (χ3n) is 0.850. The van der Waals surface area contributed by atoms with Gasteiger partial charge in [-0.1, -0.05) is 19.4 Å². The highest BCUT2D eigenvalue weighted by molar-refractivity contribution is 4.91. The van der Waals surface area contributed by atoms with Gasteiger partial charge in [-0.3, -0.25) is 0 Å². The average Bonchev–Trinajstić information content (AvgIpc) is 1.83. The summed E-state index contributed by atoms with van der Waals surface area (Å²) < 4.78 is 12.1. The molecule has 0 amide bonds. The van der Waals surface area contributed by atoms with Crippen molar-refractivity contribution in [1.82, 2.24) is 0 Å². The zero-order chi connectivity index (χ0) is 6.41. The second-order valence-electron chi connectivity index (χ2n) is 1.64. The lowest BCUT2D eigenvalue weighted by Gasteiger charge is -1.87. The Kier molecular flexibility index (Phi) is 4.56. The van der Waals surface area contributed by atoms with Gasteiger partial charge in [-0.25, -0.2) is 4.39 Å². The van der Waals surface area contributed by atoms with Crippen molar-refractivity contribution >= 4 is 0 Å². The molecule has 2 heteroatoms. The highest BCUT2D eigenvalue weighted by Gasteiger charge is 1.84. The lowest BCUT2D eigenvalue weighted by atomic mass is 10.3. The van der Waals surface area contributed by atoms with E-state index in [1.165, 1.54) is 6.08 Å². The molecule has 0 fully saturated rings. The molecule has 0 aromatic heterocycles. The molecule has 0 rings (SSSR count). The number of nitrogens with two attached hydrogens (primary N) is 1. The summed E-state index contributed by atoms with van der Waals surface area (Å²) in [5.74, 6) is -0.202. The van der Waals surface area contributed by atoms with Gasteiger partial charge in [0.25, 0.3) is 0 Å². The van der Waals surface area contributed by atoms with E-state index < -0.39 is 0 Å². The quantitative estimate of drug-likeness (QED) is 0.597. The van der Waals surface area contributed by atoms with Gasteiger partial charge in [-0.15, -0.1) is 0 Å². The summed E-state index contributed by atoms with van der Waals surface area (Å²) in [6, 6.07) is 0. The third kappa shape index (κ3) is 3.81. The lowest BCUT2D eigenvalue weighted by molar-refractivity contribution is 0.610. The Balaban J connectivity index is 3.26. The number of halogens is 1. The van der Waals surface area contributed by atoms with Gasteiger partial charge in [0.15, 0.2) is 0 Å². The van der Waals surface area contributed by atoms with Gasteiger partial charge < -0.3 is 5.73 Å². The largest absolute Gasteiger partial charge is 0.325 e. The standard InChI is InChI=1S/C6H12FN/c1-2-3-4-6(7)5-8/h4H,2-3,5,8H2,1H3/b6-4+. The average molecular weight is 117 g/mol. The van der Waals surface area contributed by atoms with Crippen molar-refractivity contribution in [2.24, 2.45) is 5.73 Å². The Bertz CT molecular complexity index is 78.6. The van der Waals surface area contributed by atoms with E-state index in [2.05, 4.69) is 0 Å². The Labute approximate surface area is 49.4 Å². The van der Waals surface area contributed by atoms with E-state index in [0.29, 0.717) is 0 Å². The van der Waals surface area contributed by atoms with Crippen molar-refractivity contribution in [2.75, 3.05) is 6.54 Å². The van der Waals surface area contributed by atoms with E-state index in [-0.39, 0.29) is 12.4 Å². The number of unbranched alkanes of at least 4 members (excludes halogenated alkanes) is 1. The van der Waals surface area contributed by atoms with Gasteiger partial charge in [0, 0.05) is 6.54 Å². The second-order valence-corrected chi connectivity index (χ2v) is 1.64. The molecular formula is C6H12FN. The summed E-state index contributed by atoms with van der Waals surface area (Å²) in [5.41, 5.74) is 4.97. The van der Waals surface area contributed by atoms with Crippen LogP contribution in [-0.4, -0.2) is 6.54 Å². The first kappa shape index (κ1) is 7.63. The molecule has 8 heavy (non-hydrogen) atoms. The van der Waals surface area contributed by atoms with Gasteiger partial charge in [-0.05, 0) is 6.42 Å². The van der Waals surface area contributed by atoms with Gasteiger partial charge in [0.2, 0.25) is 0 Å². The van der Waals surface area contributed by atoms with Crippen LogP contribution >= 0.6 is 0 Å². The molecule has 0 aromatic rings. The normalized spacial score (nSPS) is 12.1. The Morgan fingerprint density at radius 2 is 2.38 bits per heavy atom. The molecule has 48 valence electrons. The maximum Gasteiger partial charge on any atom is 0.109 e. The molecule has 0 aromatic carbocycles. The number of allylic oxidation sites excluding steroid dienone is 1. The van der Waals surface area contributed by atoms with Crippen molar-refractivity contribution in [2.45, 2.75) is 19.8 Å². The van der Waals surface area contributed by atoms with Gasteiger partial charge in [0.1, 0.15) is 5.83 Å². The molecule has 0 aliphatic rings. The van der Waals surface area contributed by atoms with Crippen LogP contribution in [0.15, 0.2) is 11.9 Å². The topological polar surface area (TPSA) is 26.0 Å². The van der Waals surface area contributed by atoms with Gasteiger partial charge in [-0.2, -0.15) is 0 Å². The Morgan fingerprint density at radius 3 is 2.75 bits per heavy atom. The summed E-state index contributed by atoms with van der Waals surface area (Å²) in [6.07, 6.45) is 3.30. The van der Waals surface area contributed by atoms with Crippen LogP contribution in [0.25, 0.3) is 0 Å². The first-order valence-electron chi connectivity index (χ1n) is 2.85. The second kappa shape index (κ2) is 4.78. The molecule has 0 heterocycles. The zero-order valence-corrected chi connectivity index (χ0v) is 5.15. The lowest BCUT2D eigenvalue weighted by Crippen LogP contribution is -1.98. The molecule has 0 saturated carbocycles. The maximum atomic E-state index is 12.1. The molecule has 0 unspecified atom stereocenters. The summed E-state index contributed by atoms with van der Waals surface area (Å²) in [7, 11) is 0. The SMILES string of the molecule is CCC/C=C(/F)CN. The van der Waals surface area contributed by atoms with Crippen LogP contribution in [0, 0.1) is 0 Å². The van der Waals surface area contributed by atoms with Crippen molar-refractivity contribution in [3.63, 3.8) is 0 Å². The molecule has 0 aliphatic heterocycles. The Morgan fingerprint density at radius 1 is 1.75 bits per heavy atom. The molecule has 0 radical (unpaired) electrons. The molecule has 0 bridgehead atoms. The van der Waals surface area contributed by atoms with Crippen LogP contribution < -0.4 is 5.73 Å². The van der Waals surface area contributed by atoms with Crippen LogP contribution in [0.3, 0.4) is 0 Å². The maximum absolute atomic E-state index is 12.1. The van der Waals surface area contributed by atoms with Crippen molar-refractivity contribution in [3.8, 4) is 0 Å². The molecule has 2 N–H and O–H groups in total. The van der Waals surface area contributed by atoms with Crippen LogP contribution in [0.4, 0.5) is 4.39 Å². The van der Waals surface area contributed by atoms with E-state index in [0.717, 1.165) is 12.8 Å². The van der Waals surface area contributed by atoms with E-state index in [9.17, 15) is 4.39 Å². The van der Waals surface area contributed by atoms with Crippen LogP contribution in [-0.2, 0) is 0 Å². The minimum atomic E-state index is -0.202. The summed E-state index contributed by atoms with van der Waals surface area (Å²) in [6.45, 7) is 2.04. The van der Waals surface area contributed by atoms with Crippen LogP contribution in [0.2, 0.25) is 0 Å². The highest BCUT2D eigenvalue weighted by atomic mass is 19.1. The molecule has 0 aliphatic carbocycles. The zero-order valence-electron chi connectivity index (χ0n) is 5.15. The fourth-order valence-electron chi connectivity index (χ4n) is 0.384. The van der Waals surface area contributed by atoms with Gasteiger partial charge in [0.05, 0.1) is 0 Å². The van der Waals surface area contributed by atoms with Crippen LogP contribution in [0.1, 0.15) is 19.8 Å². The minimum Gasteiger partial charge on any atom is -0.325 e. The highest BCUT2D eigenvalue weighted by Crippen LogP contribution is 1.96. The summed E-state index contributed by atoms with van der Waals surface area (Å²) >= 11 is 0. The van der Waals surface area contributed by atoms with Crippen molar-refractivity contribution < 1.29 is 4.39 Å². The van der Waals surface area contributed by atoms with E-state index >= 15 is 0 Å². The number of hydrogen-bond donors (Lipinski definition) is 1. The van der Waals surface area contributed by atoms with E-state index in [1.54, 1.807) is 0 Å². The molecular weight excluding hydrogens is 105 g/mol. The van der Waals surface area contributed by atoms with E-state index in [1.807, 2.05) is 6.92 Å². The summed E-state index contributed by atoms with van der Waals surface area (Å²) in [4.78, 5) is 0. The third-order valence-corrected chi connectivity index (χ3v) is 0.850. The fourth-order valence-corrected chi connectivity index (χ4v) is 0.384. The van der Waals surface area contributed by atoms with Crippen molar-refractivity contribution in [1.29, 1.82) is 0 Å². The summed E-state index contributed by atoms with van der Waals surface area (Å²) in [5, 5.41) is 0. The molecule has 0 spiro atoms. The first-order valence-corrected chi connectivity index (χ1v) is 2.85. The fraction of sp³-hybridized carbons (Fsp3) is 0.667. The monoisotopic (exact) mass is 117 g/mol.